The van der Waals surface area contributed by atoms with E-state index >= 15 is 0 Å². The number of ether oxygens (including phenoxy) is 1. The maximum atomic E-state index is 12.4. The first kappa shape index (κ1) is 20.6. The van der Waals surface area contributed by atoms with E-state index in [9.17, 15) is 9.59 Å². The Bertz CT molecular complexity index is 963. The van der Waals surface area contributed by atoms with E-state index in [4.69, 9.17) is 4.74 Å². The molecule has 28 heavy (non-hydrogen) atoms. The summed E-state index contributed by atoms with van der Waals surface area (Å²) in [6.07, 6.45) is 0.724. The normalized spacial score (nSPS) is 10.8. The number of thioether (sulfide) groups is 1. The standard InChI is InChI=1S/C18H20N4O3S3/c1-4-22-14(9-12-6-5-7-26-12)20-21-18(22)27-10-15(23)19-16-13(17(24)25-3)8-11(2)28-16/h5-8H,4,9-10H2,1-3H3,(H,19,23). The Kier molecular flexibility index (Phi) is 6.87. The van der Waals surface area contributed by atoms with Crippen LogP contribution in [-0.2, 0) is 22.5 Å². The number of carbonyl (C=O) groups is 2. The van der Waals surface area contributed by atoms with Crippen molar-refractivity contribution in [2.45, 2.75) is 32.0 Å². The molecule has 3 rings (SSSR count). The Labute approximate surface area is 175 Å². The van der Waals surface area contributed by atoms with Crippen LogP contribution >= 0.6 is 34.4 Å². The molecule has 0 radical (unpaired) electrons. The molecule has 0 aliphatic carbocycles. The van der Waals surface area contributed by atoms with E-state index in [-0.39, 0.29) is 11.7 Å². The largest absolute Gasteiger partial charge is 0.465 e. The van der Waals surface area contributed by atoms with E-state index in [2.05, 4.69) is 21.6 Å². The second-order valence-corrected chi connectivity index (χ2v) is 9.06. The van der Waals surface area contributed by atoms with Crippen LogP contribution in [0.15, 0.2) is 28.7 Å². The monoisotopic (exact) mass is 436 g/mol. The number of amides is 1. The van der Waals surface area contributed by atoms with Crippen molar-refractivity contribution >= 4 is 51.3 Å². The Morgan fingerprint density at radius 3 is 2.86 bits per heavy atom. The van der Waals surface area contributed by atoms with E-state index in [1.807, 2.05) is 29.9 Å². The number of anilines is 1. The summed E-state index contributed by atoms with van der Waals surface area (Å²) in [6.45, 7) is 4.64. The number of thiophene rings is 2. The number of nitrogens with zero attached hydrogens (tertiary/aromatic N) is 3. The molecule has 0 aliphatic heterocycles. The van der Waals surface area contributed by atoms with Gasteiger partial charge < -0.3 is 14.6 Å². The lowest BCUT2D eigenvalue weighted by Crippen LogP contribution is -2.16. The third kappa shape index (κ3) is 4.81. The van der Waals surface area contributed by atoms with E-state index < -0.39 is 5.97 Å². The van der Waals surface area contributed by atoms with Crippen LogP contribution in [0.5, 0.6) is 0 Å². The predicted octanol–water partition coefficient (Wildman–Crippen LogP) is 3.84. The fraction of sp³-hybridized carbons (Fsp3) is 0.333. The second kappa shape index (κ2) is 9.35. The molecule has 0 fully saturated rings. The minimum Gasteiger partial charge on any atom is -0.465 e. The first-order chi connectivity index (χ1) is 13.5. The molecule has 0 atom stereocenters. The first-order valence-electron chi connectivity index (χ1n) is 8.57. The number of rotatable bonds is 8. The van der Waals surface area contributed by atoms with Gasteiger partial charge in [-0.15, -0.1) is 32.9 Å². The highest BCUT2D eigenvalue weighted by Gasteiger charge is 2.18. The Morgan fingerprint density at radius 2 is 2.18 bits per heavy atom. The molecule has 1 amide bonds. The number of hydrogen-bond donors (Lipinski definition) is 1. The molecule has 0 saturated carbocycles. The average Bonchev–Trinajstić information content (AvgIpc) is 3.40. The molecule has 3 heterocycles. The zero-order valence-electron chi connectivity index (χ0n) is 15.7. The van der Waals surface area contributed by atoms with Gasteiger partial charge in [-0.25, -0.2) is 4.79 Å². The maximum Gasteiger partial charge on any atom is 0.340 e. The van der Waals surface area contributed by atoms with Gasteiger partial charge in [-0.05, 0) is 31.4 Å². The molecule has 0 bridgehead atoms. The number of hydrogen-bond acceptors (Lipinski definition) is 8. The lowest BCUT2D eigenvalue weighted by Gasteiger charge is -2.07. The van der Waals surface area contributed by atoms with Gasteiger partial charge in [-0.3, -0.25) is 4.79 Å². The summed E-state index contributed by atoms with van der Waals surface area (Å²) in [5.41, 5.74) is 0.373. The van der Waals surface area contributed by atoms with Gasteiger partial charge in [-0.2, -0.15) is 0 Å². The minimum absolute atomic E-state index is 0.175. The number of methoxy groups -OCH3 is 1. The van der Waals surface area contributed by atoms with Crippen LogP contribution in [0.3, 0.4) is 0 Å². The summed E-state index contributed by atoms with van der Waals surface area (Å²) in [4.78, 5) is 26.4. The van der Waals surface area contributed by atoms with Gasteiger partial charge >= 0.3 is 5.97 Å². The van der Waals surface area contributed by atoms with Gasteiger partial charge in [0.25, 0.3) is 0 Å². The molecular weight excluding hydrogens is 416 g/mol. The van der Waals surface area contributed by atoms with Crippen LogP contribution in [0, 0.1) is 6.92 Å². The fourth-order valence-electron chi connectivity index (χ4n) is 2.60. The molecule has 1 N–H and O–H groups in total. The maximum absolute atomic E-state index is 12.4. The summed E-state index contributed by atoms with van der Waals surface area (Å²) in [6, 6.07) is 5.80. The summed E-state index contributed by atoms with van der Waals surface area (Å²) < 4.78 is 6.79. The van der Waals surface area contributed by atoms with E-state index in [0.29, 0.717) is 15.7 Å². The topological polar surface area (TPSA) is 86.1 Å². The van der Waals surface area contributed by atoms with Crippen molar-refractivity contribution in [2.75, 3.05) is 18.2 Å². The van der Waals surface area contributed by atoms with Crippen LogP contribution in [0.2, 0.25) is 0 Å². The van der Waals surface area contributed by atoms with E-state index in [1.54, 1.807) is 17.4 Å². The Balaban J connectivity index is 1.64. The molecule has 148 valence electrons. The number of aromatic nitrogens is 3. The number of aryl methyl sites for hydroxylation is 1. The SMILES string of the molecule is CCn1c(Cc2cccs2)nnc1SCC(=O)Nc1sc(C)cc1C(=O)OC. The third-order valence-electron chi connectivity index (χ3n) is 3.87. The van der Waals surface area contributed by atoms with Crippen LogP contribution in [0.1, 0.15) is 32.9 Å². The molecule has 0 spiro atoms. The van der Waals surface area contributed by atoms with Crippen molar-refractivity contribution in [2.24, 2.45) is 0 Å². The first-order valence-corrected chi connectivity index (χ1v) is 11.3. The van der Waals surface area contributed by atoms with Crippen molar-refractivity contribution in [3.8, 4) is 0 Å². The summed E-state index contributed by atoms with van der Waals surface area (Å²) in [7, 11) is 1.32. The van der Waals surface area contributed by atoms with Crippen LogP contribution in [-0.4, -0.2) is 39.5 Å². The fourth-order valence-corrected chi connectivity index (χ4v) is 5.04. The highest BCUT2D eigenvalue weighted by Crippen LogP contribution is 2.28. The second-order valence-electron chi connectivity index (χ2n) is 5.83. The summed E-state index contributed by atoms with van der Waals surface area (Å²) in [5, 5.41) is 14.6. The van der Waals surface area contributed by atoms with Gasteiger partial charge in [0, 0.05) is 22.7 Å². The van der Waals surface area contributed by atoms with Crippen molar-refractivity contribution in [1.29, 1.82) is 0 Å². The lowest BCUT2D eigenvalue weighted by atomic mass is 10.3. The minimum atomic E-state index is -0.462. The van der Waals surface area contributed by atoms with Crippen LogP contribution < -0.4 is 5.32 Å². The smallest absolute Gasteiger partial charge is 0.340 e. The van der Waals surface area contributed by atoms with Crippen molar-refractivity contribution < 1.29 is 14.3 Å². The summed E-state index contributed by atoms with van der Waals surface area (Å²) >= 11 is 4.36. The van der Waals surface area contributed by atoms with Gasteiger partial charge in [0.1, 0.15) is 10.8 Å². The highest BCUT2D eigenvalue weighted by molar-refractivity contribution is 7.99. The molecule has 0 aromatic carbocycles. The Hall–Kier alpha value is -2.17. The van der Waals surface area contributed by atoms with Crippen molar-refractivity contribution in [1.82, 2.24) is 14.8 Å². The zero-order chi connectivity index (χ0) is 20.1. The van der Waals surface area contributed by atoms with E-state index in [1.165, 1.54) is 35.1 Å². The molecule has 0 unspecified atom stereocenters. The molecule has 3 aromatic heterocycles. The molecule has 3 aromatic rings. The van der Waals surface area contributed by atoms with Gasteiger partial charge in [0.15, 0.2) is 5.16 Å². The molecule has 10 heteroatoms. The zero-order valence-corrected chi connectivity index (χ0v) is 18.2. The average molecular weight is 437 g/mol. The van der Waals surface area contributed by atoms with Crippen LogP contribution in [0.25, 0.3) is 0 Å². The Morgan fingerprint density at radius 1 is 1.36 bits per heavy atom. The van der Waals surface area contributed by atoms with Crippen molar-refractivity contribution in [3.63, 3.8) is 0 Å². The molecular formula is C18H20N4O3S3. The van der Waals surface area contributed by atoms with E-state index in [0.717, 1.165) is 23.7 Å². The summed E-state index contributed by atoms with van der Waals surface area (Å²) in [5.74, 6) is 0.391. The molecule has 7 nitrogen and oxygen atoms in total. The molecule has 0 aliphatic rings. The lowest BCUT2D eigenvalue weighted by molar-refractivity contribution is -0.113. The number of carbonyl (C=O) groups excluding carboxylic acids is 2. The van der Waals surface area contributed by atoms with Crippen LogP contribution in [0.4, 0.5) is 5.00 Å². The number of nitrogens with one attached hydrogen (secondary N) is 1. The quantitative estimate of drug-likeness (QED) is 0.427. The van der Waals surface area contributed by atoms with Gasteiger partial charge in [0.2, 0.25) is 5.91 Å². The molecule has 0 saturated heterocycles. The highest BCUT2D eigenvalue weighted by atomic mass is 32.2. The number of esters is 1. The van der Waals surface area contributed by atoms with Crippen molar-refractivity contribution in [3.05, 3.63) is 44.7 Å². The van der Waals surface area contributed by atoms with Gasteiger partial charge in [0.05, 0.1) is 18.4 Å². The van der Waals surface area contributed by atoms with Gasteiger partial charge in [-0.1, -0.05) is 17.8 Å². The predicted molar refractivity (Wildman–Crippen MR) is 113 cm³/mol. The third-order valence-corrected chi connectivity index (χ3v) is 6.68.